The Kier molecular flexibility index (Phi) is 7.89. The molecule has 0 aliphatic carbocycles. The van der Waals surface area contributed by atoms with Crippen LogP contribution in [0.2, 0.25) is 5.02 Å². The standard InChI is InChI=1S/C18H23ClN6O5S/c1-10-8-14(13(16(20)26)6-7-30-24-18(21)22)15(17(27)23-10)25-31(28,29)9-11-2-4-12(19)5-3-11/h2-5,8,13,25H,6-7,9H2,1H3,(H2,20,26)(H,23,27)(H4,21,22,24). The highest BCUT2D eigenvalue weighted by Crippen LogP contribution is 2.26. The predicted molar refractivity (Wildman–Crippen MR) is 118 cm³/mol. The molecular formula is C18H23ClN6O5S. The number of anilines is 1. The number of amides is 1. The Morgan fingerprint density at radius 1 is 1.26 bits per heavy atom. The summed E-state index contributed by atoms with van der Waals surface area (Å²) in [5.41, 5.74) is 15.8. The normalized spacial score (nSPS) is 12.1. The van der Waals surface area contributed by atoms with Crippen LogP contribution in [0.15, 0.2) is 40.3 Å². The zero-order valence-corrected chi connectivity index (χ0v) is 18.2. The van der Waals surface area contributed by atoms with Crippen LogP contribution in [0.4, 0.5) is 5.69 Å². The second-order valence-corrected chi connectivity index (χ2v) is 8.85. The Hall–Kier alpha value is -3.25. The summed E-state index contributed by atoms with van der Waals surface area (Å²) in [5.74, 6) is -2.54. The molecule has 168 valence electrons. The van der Waals surface area contributed by atoms with Crippen molar-refractivity contribution < 1.29 is 18.0 Å². The van der Waals surface area contributed by atoms with Crippen molar-refractivity contribution in [3.05, 3.63) is 62.5 Å². The van der Waals surface area contributed by atoms with E-state index in [0.29, 0.717) is 16.3 Å². The molecule has 2 rings (SSSR count). The van der Waals surface area contributed by atoms with Gasteiger partial charge in [0.25, 0.3) is 5.56 Å². The topological polar surface area (TPSA) is 196 Å². The molecule has 0 saturated carbocycles. The van der Waals surface area contributed by atoms with Gasteiger partial charge in [-0.3, -0.25) is 14.3 Å². The number of rotatable bonds is 10. The Labute approximate surface area is 183 Å². The van der Waals surface area contributed by atoms with Gasteiger partial charge in [0, 0.05) is 10.7 Å². The third-order valence-electron chi connectivity index (χ3n) is 4.11. The molecule has 1 aromatic carbocycles. The lowest BCUT2D eigenvalue weighted by Crippen LogP contribution is -2.29. The smallest absolute Gasteiger partial charge is 0.272 e. The number of guanidine groups is 1. The SMILES string of the molecule is Cc1cc(C(CCON=C(N)N)C(N)=O)c(NS(=O)(=O)Cc2ccc(Cl)cc2)c(=O)[nH]1. The molecule has 0 fully saturated rings. The summed E-state index contributed by atoms with van der Waals surface area (Å²) < 4.78 is 27.6. The molecule has 0 aliphatic heterocycles. The van der Waals surface area contributed by atoms with E-state index in [2.05, 4.69) is 14.9 Å². The number of H-pyrrole nitrogens is 1. The largest absolute Gasteiger partial charge is 0.393 e. The highest BCUT2D eigenvalue weighted by molar-refractivity contribution is 7.91. The number of nitrogens with one attached hydrogen (secondary N) is 2. The van der Waals surface area contributed by atoms with E-state index in [1.807, 2.05) is 0 Å². The number of nitrogens with zero attached hydrogens (tertiary/aromatic N) is 1. The van der Waals surface area contributed by atoms with Crippen molar-refractivity contribution in [2.24, 2.45) is 22.4 Å². The fourth-order valence-electron chi connectivity index (χ4n) is 2.83. The number of pyridine rings is 1. The Morgan fingerprint density at radius 3 is 2.48 bits per heavy atom. The molecule has 0 bridgehead atoms. The molecule has 0 radical (unpaired) electrons. The summed E-state index contributed by atoms with van der Waals surface area (Å²) in [6.45, 7) is 1.49. The maximum atomic E-state index is 12.7. The highest BCUT2D eigenvalue weighted by atomic mass is 35.5. The van der Waals surface area contributed by atoms with Crippen LogP contribution in [0, 0.1) is 6.92 Å². The number of primary amides is 1. The molecule has 1 amide bonds. The van der Waals surface area contributed by atoms with Crippen molar-refractivity contribution in [3.8, 4) is 0 Å². The van der Waals surface area contributed by atoms with Crippen LogP contribution in [-0.4, -0.2) is 31.9 Å². The van der Waals surface area contributed by atoms with Crippen molar-refractivity contribution >= 4 is 39.2 Å². The number of hydrogen-bond acceptors (Lipinski definition) is 6. The average Bonchev–Trinajstić information content (AvgIpc) is 2.65. The average molecular weight is 471 g/mol. The molecule has 0 aliphatic rings. The van der Waals surface area contributed by atoms with Crippen LogP contribution in [0.25, 0.3) is 0 Å². The summed E-state index contributed by atoms with van der Waals surface area (Å²) in [7, 11) is -4.01. The number of carbonyl (C=O) groups is 1. The van der Waals surface area contributed by atoms with E-state index < -0.39 is 33.2 Å². The van der Waals surface area contributed by atoms with Gasteiger partial charge in [-0.05, 0) is 47.8 Å². The summed E-state index contributed by atoms with van der Waals surface area (Å²) in [6, 6.07) is 7.67. The number of hydrogen-bond donors (Lipinski definition) is 5. The van der Waals surface area contributed by atoms with E-state index in [1.54, 1.807) is 31.2 Å². The van der Waals surface area contributed by atoms with Gasteiger partial charge < -0.3 is 27.0 Å². The first-order chi connectivity index (χ1) is 14.5. The molecule has 1 unspecified atom stereocenters. The molecule has 1 aromatic heterocycles. The highest BCUT2D eigenvalue weighted by Gasteiger charge is 2.26. The number of halogens is 1. The minimum absolute atomic E-state index is 0.000911. The monoisotopic (exact) mass is 470 g/mol. The number of aromatic nitrogens is 1. The summed E-state index contributed by atoms with van der Waals surface area (Å²) in [6.07, 6.45) is 0.000911. The van der Waals surface area contributed by atoms with Crippen LogP contribution in [0.3, 0.4) is 0 Å². The van der Waals surface area contributed by atoms with Crippen molar-refractivity contribution in [1.29, 1.82) is 0 Å². The van der Waals surface area contributed by atoms with E-state index >= 15 is 0 Å². The third-order valence-corrected chi connectivity index (χ3v) is 5.59. The molecule has 0 saturated heterocycles. The van der Waals surface area contributed by atoms with Gasteiger partial charge in [0.1, 0.15) is 12.3 Å². The van der Waals surface area contributed by atoms with E-state index in [0.717, 1.165) is 0 Å². The zero-order chi connectivity index (χ0) is 23.2. The van der Waals surface area contributed by atoms with Crippen molar-refractivity contribution in [2.45, 2.75) is 25.0 Å². The van der Waals surface area contributed by atoms with Gasteiger partial charge in [-0.25, -0.2) is 8.42 Å². The maximum Gasteiger partial charge on any atom is 0.272 e. The van der Waals surface area contributed by atoms with E-state index in [4.69, 9.17) is 33.6 Å². The van der Waals surface area contributed by atoms with Crippen molar-refractivity contribution in [1.82, 2.24) is 4.98 Å². The predicted octanol–water partition coefficient (Wildman–Crippen LogP) is 0.443. The molecular weight excluding hydrogens is 448 g/mol. The Balaban J connectivity index is 2.36. The van der Waals surface area contributed by atoms with E-state index in [-0.39, 0.29) is 30.2 Å². The number of carbonyl (C=O) groups excluding carboxylic acids is 1. The molecule has 11 nitrogen and oxygen atoms in total. The van der Waals surface area contributed by atoms with Crippen LogP contribution in [0.5, 0.6) is 0 Å². The van der Waals surface area contributed by atoms with Gasteiger partial charge in [0.15, 0.2) is 0 Å². The number of aryl methyl sites for hydroxylation is 1. The van der Waals surface area contributed by atoms with Gasteiger partial charge in [-0.1, -0.05) is 23.7 Å². The quantitative estimate of drug-likeness (QED) is 0.144. The zero-order valence-electron chi connectivity index (χ0n) is 16.6. The van der Waals surface area contributed by atoms with Crippen LogP contribution in [-0.2, 0) is 25.4 Å². The van der Waals surface area contributed by atoms with E-state index in [9.17, 15) is 18.0 Å². The minimum atomic E-state index is -4.01. The number of aromatic amines is 1. The van der Waals surface area contributed by atoms with Crippen molar-refractivity contribution in [2.75, 3.05) is 11.3 Å². The summed E-state index contributed by atoms with van der Waals surface area (Å²) in [4.78, 5) is 32.0. The van der Waals surface area contributed by atoms with Gasteiger partial charge in [-0.2, -0.15) is 0 Å². The van der Waals surface area contributed by atoms with Gasteiger partial charge in [-0.15, -0.1) is 0 Å². The Morgan fingerprint density at radius 2 is 1.90 bits per heavy atom. The lowest BCUT2D eigenvalue weighted by Gasteiger charge is -2.18. The van der Waals surface area contributed by atoms with Crippen LogP contribution >= 0.6 is 11.6 Å². The molecule has 8 N–H and O–H groups in total. The Bertz CT molecular complexity index is 1130. The molecule has 13 heteroatoms. The van der Waals surface area contributed by atoms with Crippen LogP contribution < -0.4 is 27.5 Å². The molecule has 1 heterocycles. The fourth-order valence-corrected chi connectivity index (χ4v) is 4.18. The first kappa shape index (κ1) is 24.0. The molecule has 31 heavy (non-hydrogen) atoms. The summed E-state index contributed by atoms with van der Waals surface area (Å²) in [5, 5.41) is 3.81. The molecule has 1 atom stereocenters. The maximum absolute atomic E-state index is 12.7. The van der Waals surface area contributed by atoms with Crippen molar-refractivity contribution in [3.63, 3.8) is 0 Å². The lowest BCUT2D eigenvalue weighted by molar-refractivity contribution is -0.119. The summed E-state index contributed by atoms with van der Waals surface area (Å²) >= 11 is 5.82. The number of oxime groups is 1. The number of sulfonamides is 1. The first-order valence-electron chi connectivity index (χ1n) is 8.97. The van der Waals surface area contributed by atoms with Gasteiger partial charge >= 0.3 is 0 Å². The van der Waals surface area contributed by atoms with Gasteiger partial charge in [0.2, 0.25) is 21.9 Å². The second-order valence-electron chi connectivity index (χ2n) is 6.69. The number of benzene rings is 1. The molecule has 2 aromatic rings. The molecule has 0 spiro atoms. The fraction of sp³-hybridized carbons (Fsp3) is 0.278. The van der Waals surface area contributed by atoms with Gasteiger partial charge in [0.05, 0.1) is 11.7 Å². The second kappa shape index (κ2) is 10.2. The third kappa shape index (κ3) is 7.19. The minimum Gasteiger partial charge on any atom is -0.393 e. The number of nitrogens with two attached hydrogens (primary N) is 3. The first-order valence-corrected chi connectivity index (χ1v) is 11.0. The van der Waals surface area contributed by atoms with E-state index in [1.165, 1.54) is 6.07 Å². The van der Waals surface area contributed by atoms with Crippen LogP contribution in [0.1, 0.15) is 29.2 Å². The lowest BCUT2D eigenvalue weighted by atomic mass is 9.94.